The lowest BCUT2D eigenvalue weighted by molar-refractivity contribution is -0.144. The molecule has 0 fully saturated rings. The number of nitrogens with one attached hydrogen (secondary N) is 2. The average molecular weight is 491 g/mol. The van der Waals surface area contributed by atoms with E-state index in [2.05, 4.69) is 10.6 Å². The molecule has 2 unspecified atom stereocenters. The Bertz CT molecular complexity index is 1200. The Kier molecular flexibility index (Phi) is 7.51. The van der Waals surface area contributed by atoms with Crippen molar-refractivity contribution in [2.75, 3.05) is 5.32 Å². The first-order valence-corrected chi connectivity index (χ1v) is 10.7. The number of rotatable bonds is 7. The molecule has 3 N–H and O–H groups in total. The minimum atomic E-state index is -4.54. The summed E-state index contributed by atoms with van der Waals surface area (Å²) in [5, 5.41) is 14.2. The van der Waals surface area contributed by atoms with Crippen molar-refractivity contribution in [1.82, 2.24) is 5.32 Å². The summed E-state index contributed by atoms with van der Waals surface area (Å²) >= 11 is 5.96. The quantitative estimate of drug-likeness (QED) is 0.366. The van der Waals surface area contributed by atoms with Crippen LogP contribution in [0.15, 0.2) is 66.7 Å². The van der Waals surface area contributed by atoms with Gasteiger partial charge in [0, 0.05) is 16.3 Å². The standard InChI is InChI=1S/C25H22ClF3N2O3/c1-14-12-19(10-11-21(14)26)22(25(27,28)29)31-20-5-3-4-18(13-20)16-6-8-17(9-7-16)23(32)30-15(2)24(33)34/h3-13,15,22,31H,1-2H3,(H,30,32)(H,33,34). The molecule has 178 valence electrons. The Labute approximate surface area is 199 Å². The highest BCUT2D eigenvalue weighted by atomic mass is 35.5. The molecule has 34 heavy (non-hydrogen) atoms. The second-order valence-corrected chi connectivity index (χ2v) is 8.23. The predicted molar refractivity (Wildman–Crippen MR) is 125 cm³/mol. The van der Waals surface area contributed by atoms with Gasteiger partial charge in [0.05, 0.1) is 0 Å². The van der Waals surface area contributed by atoms with Gasteiger partial charge in [-0.3, -0.25) is 9.59 Å². The van der Waals surface area contributed by atoms with Gasteiger partial charge in [-0.2, -0.15) is 13.2 Å². The molecule has 0 aliphatic carbocycles. The normalized spacial score (nSPS) is 13.1. The fraction of sp³-hybridized carbons (Fsp3) is 0.200. The summed E-state index contributed by atoms with van der Waals surface area (Å²) in [5.41, 5.74) is 2.45. The topological polar surface area (TPSA) is 78.4 Å². The molecule has 0 spiro atoms. The molecule has 5 nitrogen and oxygen atoms in total. The van der Waals surface area contributed by atoms with Crippen LogP contribution in [0.5, 0.6) is 0 Å². The van der Waals surface area contributed by atoms with E-state index in [0.29, 0.717) is 21.7 Å². The van der Waals surface area contributed by atoms with Crippen molar-refractivity contribution in [2.24, 2.45) is 0 Å². The first kappa shape index (κ1) is 25.1. The number of carbonyl (C=O) groups excluding carboxylic acids is 1. The van der Waals surface area contributed by atoms with Crippen LogP contribution in [0.3, 0.4) is 0 Å². The largest absolute Gasteiger partial charge is 0.480 e. The number of aliphatic carboxylic acids is 1. The Morgan fingerprint density at radius 2 is 1.65 bits per heavy atom. The third-order valence-corrected chi connectivity index (χ3v) is 5.64. The van der Waals surface area contributed by atoms with Crippen LogP contribution in [0.1, 0.15) is 34.5 Å². The number of hydrogen-bond acceptors (Lipinski definition) is 3. The van der Waals surface area contributed by atoms with Crippen LogP contribution in [-0.2, 0) is 4.79 Å². The van der Waals surface area contributed by atoms with Gasteiger partial charge in [-0.25, -0.2) is 0 Å². The number of halogens is 4. The van der Waals surface area contributed by atoms with E-state index in [-0.39, 0.29) is 16.8 Å². The SMILES string of the molecule is Cc1cc(C(Nc2cccc(-c3ccc(C(=O)NC(C)C(=O)O)cc3)c2)C(F)(F)F)ccc1Cl. The molecule has 0 heterocycles. The third kappa shape index (κ3) is 6.08. The highest BCUT2D eigenvalue weighted by molar-refractivity contribution is 6.31. The van der Waals surface area contributed by atoms with Crippen LogP contribution in [0.2, 0.25) is 5.02 Å². The van der Waals surface area contributed by atoms with Gasteiger partial charge in [0.2, 0.25) is 0 Å². The number of carboxylic acid groups (broad SMARTS) is 1. The minimum Gasteiger partial charge on any atom is -0.480 e. The maximum absolute atomic E-state index is 13.8. The lowest BCUT2D eigenvalue weighted by Gasteiger charge is -2.24. The molecule has 0 saturated carbocycles. The van der Waals surface area contributed by atoms with E-state index in [4.69, 9.17) is 16.7 Å². The highest BCUT2D eigenvalue weighted by Crippen LogP contribution is 2.37. The first-order valence-electron chi connectivity index (χ1n) is 10.3. The molecule has 9 heteroatoms. The second-order valence-electron chi connectivity index (χ2n) is 7.82. The van der Waals surface area contributed by atoms with Crippen LogP contribution < -0.4 is 10.6 Å². The Morgan fingerprint density at radius 1 is 0.971 bits per heavy atom. The zero-order valence-electron chi connectivity index (χ0n) is 18.3. The van der Waals surface area contributed by atoms with Gasteiger partial charge in [-0.05, 0) is 66.4 Å². The number of carbonyl (C=O) groups is 2. The van der Waals surface area contributed by atoms with E-state index in [1.165, 1.54) is 37.3 Å². The summed E-state index contributed by atoms with van der Waals surface area (Å²) in [7, 11) is 0. The summed E-state index contributed by atoms with van der Waals surface area (Å²) in [6.45, 7) is 3.00. The fourth-order valence-corrected chi connectivity index (χ4v) is 3.43. The number of anilines is 1. The van der Waals surface area contributed by atoms with Gasteiger partial charge in [-0.1, -0.05) is 48.0 Å². The molecule has 3 aromatic carbocycles. The fourth-order valence-electron chi connectivity index (χ4n) is 3.31. The van der Waals surface area contributed by atoms with Gasteiger partial charge in [0.15, 0.2) is 0 Å². The van der Waals surface area contributed by atoms with Crippen LogP contribution in [0, 0.1) is 6.92 Å². The molecule has 0 bridgehead atoms. The van der Waals surface area contributed by atoms with E-state index in [0.717, 1.165) is 0 Å². The van der Waals surface area contributed by atoms with Gasteiger partial charge in [0.1, 0.15) is 12.1 Å². The number of aryl methyl sites for hydroxylation is 1. The molecule has 1 amide bonds. The van der Waals surface area contributed by atoms with E-state index in [9.17, 15) is 22.8 Å². The molecule has 2 atom stereocenters. The van der Waals surface area contributed by atoms with Crippen molar-refractivity contribution >= 4 is 29.2 Å². The number of carboxylic acids is 1. The van der Waals surface area contributed by atoms with Crippen molar-refractivity contribution in [3.05, 3.63) is 88.4 Å². The van der Waals surface area contributed by atoms with E-state index >= 15 is 0 Å². The van der Waals surface area contributed by atoms with E-state index < -0.39 is 30.1 Å². The van der Waals surface area contributed by atoms with Crippen LogP contribution >= 0.6 is 11.6 Å². The van der Waals surface area contributed by atoms with Crippen LogP contribution in [0.4, 0.5) is 18.9 Å². The average Bonchev–Trinajstić information content (AvgIpc) is 2.79. The summed E-state index contributed by atoms with van der Waals surface area (Å²) in [5.74, 6) is -1.69. The van der Waals surface area contributed by atoms with Crippen LogP contribution in [-0.4, -0.2) is 29.2 Å². The smallest absolute Gasteiger partial charge is 0.412 e. The Hall–Kier alpha value is -3.52. The zero-order valence-corrected chi connectivity index (χ0v) is 19.0. The Morgan fingerprint density at radius 3 is 2.24 bits per heavy atom. The summed E-state index contributed by atoms with van der Waals surface area (Å²) < 4.78 is 41.5. The summed E-state index contributed by atoms with van der Waals surface area (Å²) in [4.78, 5) is 23.1. The lowest BCUT2D eigenvalue weighted by Crippen LogP contribution is -2.38. The molecular weight excluding hydrogens is 469 g/mol. The predicted octanol–water partition coefficient (Wildman–Crippen LogP) is 6.23. The molecule has 3 rings (SSSR count). The molecular formula is C25H22ClF3N2O3. The highest BCUT2D eigenvalue weighted by Gasteiger charge is 2.41. The molecule has 0 saturated heterocycles. The van der Waals surface area contributed by atoms with Gasteiger partial charge in [0.25, 0.3) is 5.91 Å². The molecule has 0 aliphatic rings. The maximum Gasteiger partial charge on any atom is 0.412 e. The third-order valence-electron chi connectivity index (χ3n) is 5.21. The first-order chi connectivity index (χ1) is 16.0. The lowest BCUT2D eigenvalue weighted by atomic mass is 10.0. The molecule has 0 radical (unpaired) electrons. The number of alkyl halides is 3. The molecule has 0 aromatic heterocycles. The van der Waals surface area contributed by atoms with Crippen molar-refractivity contribution in [3.63, 3.8) is 0 Å². The van der Waals surface area contributed by atoms with Crippen molar-refractivity contribution in [3.8, 4) is 11.1 Å². The summed E-state index contributed by atoms with van der Waals surface area (Å²) in [6.07, 6.45) is -4.54. The van der Waals surface area contributed by atoms with Crippen molar-refractivity contribution in [1.29, 1.82) is 0 Å². The molecule has 0 aliphatic heterocycles. The number of amides is 1. The van der Waals surface area contributed by atoms with Gasteiger partial charge >= 0.3 is 12.1 Å². The van der Waals surface area contributed by atoms with Gasteiger partial charge in [-0.15, -0.1) is 0 Å². The van der Waals surface area contributed by atoms with Crippen molar-refractivity contribution in [2.45, 2.75) is 32.1 Å². The van der Waals surface area contributed by atoms with Crippen molar-refractivity contribution < 1.29 is 27.9 Å². The minimum absolute atomic E-state index is 0.0470. The Balaban J connectivity index is 1.82. The summed E-state index contributed by atoms with van der Waals surface area (Å²) in [6, 6.07) is 14.1. The van der Waals surface area contributed by atoms with E-state index in [1.54, 1.807) is 43.3 Å². The monoisotopic (exact) mass is 490 g/mol. The van der Waals surface area contributed by atoms with E-state index in [1.807, 2.05) is 0 Å². The van der Waals surface area contributed by atoms with Crippen LogP contribution in [0.25, 0.3) is 11.1 Å². The number of benzene rings is 3. The van der Waals surface area contributed by atoms with Gasteiger partial charge < -0.3 is 15.7 Å². The zero-order chi connectivity index (χ0) is 25.0. The maximum atomic E-state index is 13.8. The molecule has 3 aromatic rings. The second kappa shape index (κ2) is 10.2. The number of hydrogen-bond donors (Lipinski definition) is 3.